The fraction of sp³-hybridized carbons (Fsp3) is 0.548. The van der Waals surface area contributed by atoms with Gasteiger partial charge < -0.3 is 15.0 Å². The van der Waals surface area contributed by atoms with Crippen LogP contribution in [0.1, 0.15) is 87.4 Å². The summed E-state index contributed by atoms with van der Waals surface area (Å²) in [6.07, 6.45) is 11.8. The zero-order chi connectivity index (χ0) is 25.2. The summed E-state index contributed by atoms with van der Waals surface area (Å²) in [4.78, 5) is 15.9. The van der Waals surface area contributed by atoms with E-state index in [9.17, 15) is 4.79 Å². The molecule has 0 aromatic heterocycles. The molecule has 2 aromatic carbocycles. The number of nitrogens with one attached hydrogen (secondary N) is 1. The van der Waals surface area contributed by atoms with E-state index in [0.717, 1.165) is 30.6 Å². The molecule has 0 radical (unpaired) electrons. The average molecular weight is 488 g/mol. The van der Waals surface area contributed by atoms with Crippen LogP contribution < -0.4 is 15.0 Å². The molecule has 1 saturated heterocycles. The predicted molar refractivity (Wildman–Crippen MR) is 145 cm³/mol. The largest absolute Gasteiger partial charge is 0.494 e. The summed E-state index contributed by atoms with van der Waals surface area (Å²) < 4.78 is 5.76. The number of benzene rings is 2. The van der Waals surface area contributed by atoms with Gasteiger partial charge in [0.2, 0.25) is 5.91 Å². The monoisotopic (exact) mass is 487 g/mol. The number of piperidine rings is 1. The van der Waals surface area contributed by atoms with Crippen molar-refractivity contribution < 1.29 is 9.53 Å². The van der Waals surface area contributed by atoms with E-state index in [-0.39, 0.29) is 11.9 Å². The van der Waals surface area contributed by atoms with E-state index in [2.05, 4.69) is 40.6 Å². The average Bonchev–Trinajstić information content (AvgIpc) is 2.91. The Morgan fingerprint density at radius 3 is 2.58 bits per heavy atom. The quantitative estimate of drug-likeness (QED) is 0.415. The molecule has 0 bridgehead atoms. The first kappa shape index (κ1) is 26.1. The van der Waals surface area contributed by atoms with E-state index in [0.29, 0.717) is 31.1 Å². The van der Waals surface area contributed by atoms with E-state index < -0.39 is 0 Å². The molecule has 2 aromatic rings. The number of nitrogens with zero attached hydrogens (tertiary/aromatic N) is 2. The van der Waals surface area contributed by atoms with Gasteiger partial charge >= 0.3 is 0 Å². The number of hydrogen-bond acceptors (Lipinski definition) is 4. The third kappa shape index (κ3) is 7.03. The van der Waals surface area contributed by atoms with Crippen LogP contribution in [0.5, 0.6) is 5.75 Å². The van der Waals surface area contributed by atoms with Gasteiger partial charge in [-0.2, -0.15) is 5.26 Å². The normalized spacial score (nSPS) is 17.3. The molecule has 0 spiro atoms. The van der Waals surface area contributed by atoms with Crippen LogP contribution in [0.4, 0.5) is 5.69 Å². The summed E-state index contributed by atoms with van der Waals surface area (Å²) in [7, 11) is 0. The standard InChI is InChI=1S/C31H41N3O2/c1-2-36-30-22-25(15-16-26(30)17-18-32)23-31(35)33-28(21-24-11-5-3-6-12-24)27-13-7-8-14-29(27)34-19-9-4-10-20-34/h7-8,13-16,22,24,28H,2-6,9-12,17,19-21,23H2,1H3,(H,33,35). The molecular weight excluding hydrogens is 446 g/mol. The number of hydrogen-bond donors (Lipinski definition) is 1. The van der Waals surface area contributed by atoms with Gasteiger partial charge in [-0.3, -0.25) is 4.79 Å². The van der Waals surface area contributed by atoms with Crippen molar-refractivity contribution in [3.05, 3.63) is 59.2 Å². The van der Waals surface area contributed by atoms with Gasteiger partial charge in [0.1, 0.15) is 5.75 Å². The number of rotatable bonds is 10. The van der Waals surface area contributed by atoms with Gasteiger partial charge in [0.15, 0.2) is 0 Å². The van der Waals surface area contributed by atoms with E-state index in [1.165, 1.54) is 62.6 Å². The van der Waals surface area contributed by atoms with E-state index >= 15 is 0 Å². The number of ether oxygens (including phenoxy) is 1. The van der Waals surface area contributed by atoms with E-state index in [1.54, 1.807) is 0 Å². The molecular formula is C31H41N3O2. The second-order valence-electron chi connectivity index (χ2n) is 10.4. The zero-order valence-electron chi connectivity index (χ0n) is 21.8. The Kier molecular flexibility index (Phi) is 9.67. The molecule has 4 rings (SSSR count). The molecule has 1 aliphatic carbocycles. The lowest BCUT2D eigenvalue weighted by atomic mass is 9.83. The van der Waals surface area contributed by atoms with Gasteiger partial charge in [-0.05, 0) is 61.8 Å². The molecule has 1 N–H and O–H groups in total. The summed E-state index contributed by atoms with van der Waals surface area (Å²) in [5.74, 6) is 1.41. The fourth-order valence-electron chi connectivity index (χ4n) is 5.89. The Morgan fingerprint density at radius 2 is 1.83 bits per heavy atom. The smallest absolute Gasteiger partial charge is 0.224 e. The summed E-state index contributed by atoms with van der Waals surface area (Å²) in [5.41, 5.74) is 4.34. The summed E-state index contributed by atoms with van der Waals surface area (Å²) in [6.45, 7) is 4.66. The number of para-hydroxylation sites is 1. The Balaban J connectivity index is 1.54. The highest BCUT2D eigenvalue weighted by Gasteiger charge is 2.26. The van der Waals surface area contributed by atoms with Crippen molar-refractivity contribution in [1.82, 2.24) is 5.32 Å². The molecule has 5 heteroatoms. The highest BCUT2D eigenvalue weighted by molar-refractivity contribution is 5.79. The fourth-order valence-corrected chi connectivity index (χ4v) is 5.89. The molecule has 2 fully saturated rings. The first-order chi connectivity index (χ1) is 17.7. The Hall–Kier alpha value is -3.00. The van der Waals surface area contributed by atoms with Crippen LogP contribution in [0.2, 0.25) is 0 Å². The Labute approximate surface area is 216 Å². The van der Waals surface area contributed by atoms with Crippen molar-refractivity contribution in [2.24, 2.45) is 5.92 Å². The van der Waals surface area contributed by atoms with Crippen LogP contribution in [0.3, 0.4) is 0 Å². The van der Waals surface area contributed by atoms with E-state index in [1.807, 2.05) is 25.1 Å². The minimum Gasteiger partial charge on any atom is -0.494 e. The second kappa shape index (κ2) is 13.3. The maximum absolute atomic E-state index is 13.4. The number of carbonyl (C=O) groups excluding carboxylic acids is 1. The lowest BCUT2D eigenvalue weighted by molar-refractivity contribution is -0.121. The zero-order valence-corrected chi connectivity index (χ0v) is 21.8. The molecule has 5 nitrogen and oxygen atoms in total. The maximum Gasteiger partial charge on any atom is 0.224 e. The molecule has 1 aliphatic heterocycles. The summed E-state index contributed by atoms with van der Waals surface area (Å²) in [6, 6.07) is 16.7. The van der Waals surface area contributed by atoms with Crippen LogP contribution in [0, 0.1) is 17.2 Å². The Morgan fingerprint density at radius 1 is 1.08 bits per heavy atom. The SMILES string of the molecule is CCOc1cc(CC(=O)NC(CC2CCCCC2)c2ccccc2N2CCCCC2)ccc1CC#N. The van der Waals surface area contributed by atoms with Crippen molar-refractivity contribution in [2.75, 3.05) is 24.6 Å². The van der Waals surface area contributed by atoms with Crippen LogP contribution in [0.25, 0.3) is 0 Å². The first-order valence-electron chi connectivity index (χ1n) is 13.9. The third-order valence-corrected chi connectivity index (χ3v) is 7.70. The first-order valence-corrected chi connectivity index (χ1v) is 13.9. The van der Waals surface area contributed by atoms with Crippen molar-refractivity contribution in [3.8, 4) is 11.8 Å². The Bertz CT molecular complexity index is 1030. The number of anilines is 1. The van der Waals surface area contributed by atoms with Gasteiger partial charge in [0.25, 0.3) is 0 Å². The highest BCUT2D eigenvalue weighted by atomic mass is 16.5. The van der Waals surface area contributed by atoms with E-state index in [4.69, 9.17) is 10.00 Å². The molecule has 192 valence electrons. The van der Waals surface area contributed by atoms with Crippen LogP contribution in [-0.4, -0.2) is 25.6 Å². The molecule has 2 aliphatic rings. The molecule has 1 unspecified atom stereocenters. The minimum absolute atomic E-state index is 0.0166. The summed E-state index contributed by atoms with van der Waals surface area (Å²) in [5, 5.41) is 12.6. The van der Waals surface area contributed by atoms with Crippen molar-refractivity contribution in [1.29, 1.82) is 5.26 Å². The lowest BCUT2D eigenvalue weighted by Gasteiger charge is -2.34. The van der Waals surface area contributed by atoms with Gasteiger partial charge in [-0.1, -0.05) is 62.4 Å². The van der Waals surface area contributed by atoms with Crippen molar-refractivity contribution in [3.63, 3.8) is 0 Å². The van der Waals surface area contributed by atoms with Crippen LogP contribution in [-0.2, 0) is 17.6 Å². The van der Waals surface area contributed by atoms with Crippen LogP contribution >= 0.6 is 0 Å². The number of nitriles is 1. The highest BCUT2D eigenvalue weighted by Crippen LogP contribution is 2.36. The van der Waals surface area contributed by atoms with Gasteiger partial charge in [0.05, 0.1) is 31.6 Å². The maximum atomic E-state index is 13.4. The molecule has 1 heterocycles. The minimum atomic E-state index is 0.0166. The third-order valence-electron chi connectivity index (χ3n) is 7.70. The topological polar surface area (TPSA) is 65.4 Å². The molecule has 1 atom stereocenters. The second-order valence-corrected chi connectivity index (χ2v) is 10.4. The molecule has 36 heavy (non-hydrogen) atoms. The molecule has 1 amide bonds. The van der Waals surface area contributed by atoms with Gasteiger partial charge in [-0.25, -0.2) is 0 Å². The summed E-state index contributed by atoms with van der Waals surface area (Å²) >= 11 is 0. The van der Waals surface area contributed by atoms with Gasteiger partial charge in [0, 0.05) is 24.3 Å². The van der Waals surface area contributed by atoms with Crippen LogP contribution in [0.15, 0.2) is 42.5 Å². The van der Waals surface area contributed by atoms with Crippen molar-refractivity contribution >= 4 is 11.6 Å². The van der Waals surface area contributed by atoms with Gasteiger partial charge in [-0.15, -0.1) is 0 Å². The molecule has 1 saturated carbocycles. The lowest BCUT2D eigenvalue weighted by Crippen LogP contribution is -2.35. The van der Waals surface area contributed by atoms with Crippen molar-refractivity contribution in [2.45, 2.75) is 83.6 Å². The number of amides is 1. The predicted octanol–water partition coefficient (Wildman–Crippen LogP) is 6.51. The number of carbonyl (C=O) groups is 1.